The molecular formula is C21H29N3O4. The molecule has 2 aromatic rings. The summed E-state index contributed by atoms with van der Waals surface area (Å²) in [6.07, 6.45) is 3.65. The molecule has 1 heterocycles. The summed E-state index contributed by atoms with van der Waals surface area (Å²) in [7, 11) is 1.86. The van der Waals surface area contributed by atoms with Crippen molar-refractivity contribution < 1.29 is 19.8 Å². The van der Waals surface area contributed by atoms with Crippen molar-refractivity contribution in [2.24, 2.45) is 13.0 Å². The van der Waals surface area contributed by atoms with Crippen molar-refractivity contribution in [3.05, 3.63) is 36.0 Å². The topological polar surface area (TPSA) is 104 Å². The number of benzene rings is 1. The number of aryl methyl sites for hydroxylation is 1. The lowest BCUT2D eigenvalue weighted by Crippen LogP contribution is -2.51. The molecule has 4 N–H and O–H groups in total. The van der Waals surface area contributed by atoms with E-state index in [1.165, 1.54) is 0 Å². The number of aromatic nitrogens is 1. The van der Waals surface area contributed by atoms with Crippen molar-refractivity contribution in [1.29, 1.82) is 0 Å². The standard InChI is InChI=1S/C21H29N3O4/c1-24-18-9-5-2-6-14(18)12-19(24)21(28)23-17-8-4-3-7-16(17)20(27)22-15(13-26)10-11-25/h2,5-6,9,12,15-17,25-26H,3-4,7-8,10-11,13H2,1H3,(H,22,27)(H,23,28)/t15-,16+,17-/m0/s1. The Labute approximate surface area is 164 Å². The Hall–Kier alpha value is -2.38. The van der Waals surface area contributed by atoms with E-state index in [1.807, 2.05) is 41.9 Å². The summed E-state index contributed by atoms with van der Waals surface area (Å²) in [4.78, 5) is 25.6. The van der Waals surface area contributed by atoms with Gasteiger partial charge in [-0.15, -0.1) is 0 Å². The summed E-state index contributed by atoms with van der Waals surface area (Å²) in [6.45, 7) is -0.316. The fourth-order valence-electron chi connectivity index (χ4n) is 4.04. The van der Waals surface area contributed by atoms with Crippen LogP contribution in [0.3, 0.4) is 0 Å². The molecule has 7 nitrogen and oxygen atoms in total. The van der Waals surface area contributed by atoms with Gasteiger partial charge in [-0.25, -0.2) is 0 Å². The number of para-hydroxylation sites is 1. The lowest BCUT2D eigenvalue weighted by atomic mass is 9.83. The summed E-state index contributed by atoms with van der Waals surface area (Å²) >= 11 is 0. The maximum Gasteiger partial charge on any atom is 0.268 e. The molecule has 0 unspecified atom stereocenters. The van der Waals surface area contributed by atoms with Crippen LogP contribution in [-0.2, 0) is 11.8 Å². The van der Waals surface area contributed by atoms with E-state index in [2.05, 4.69) is 10.6 Å². The highest BCUT2D eigenvalue weighted by Gasteiger charge is 2.33. The lowest BCUT2D eigenvalue weighted by molar-refractivity contribution is -0.127. The third-order valence-electron chi connectivity index (χ3n) is 5.65. The fraction of sp³-hybridized carbons (Fsp3) is 0.524. The highest BCUT2D eigenvalue weighted by molar-refractivity contribution is 5.99. The van der Waals surface area contributed by atoms with E-state index in [0.717, 1.165) is 30.2 Å². The van der Waals surface area contributed by atoms with Crippen LogP contribution in [0.25, 0.3) is 10.9 Å². The van der Waals surface area contributed by atoms with Crippen LogP contribution in [0.1, 0.15) is 42.6 Å². The normalized spacial score (nSPS) is 20.7. The van der Waals surface area contributed by atoms with Gasteiger partial charge in [-0.2, -0.15) is 0 Å². The first-order valence-corrected chi connectivity index (χ1v) is 9.92. The smallest absolute Gasteiger partial charge is 0.268 e. The number of nitrogens with one attached hydrogen (secondary N) is 2. The van der Waals surface area contributed by atoms with Crippen LogP contribution in [0.15, 0.2) is 30.3 Å². The number of fused-ring (bicyclic) bond motifs is 1. The monoisotopic (exact) mass is 387 g/mol. The summed E-state index contributed by atoms with van der Waals surface area (Å²) in [6, 6.07) is 8.98. The van der Waals surface area contributed by atoms with Gasteiger partial charge in [0.1, 0.15) is 5.69 Å². The average Bonchev–Trinajstić information content (AvgIpc) is 3.05. The Kier molecular flexibility index (Phi) is 6.70. The average molecular weight is 387 g/mol. The summed E-state index contributed by atoms with van der Waals surface area (Å²) in [5.41, 5.74) is 1.56. The van der Waals surface area contributed by atoms with Crippen LogP contribution in [0, 0.1) is 5.92 Å². The molecule has 3 atom stereocenters. The Bertz CT molecular complexity index is 832. The zero-order valence-electron chi connectivity index (χ0n) is 16.2. The van der Waals surface area contributed by atoms with Crippen molar-refractivity contribution in [2.45, 2.75) is 44.2 Å². The van der Waals surface area contributed by atoms with Gasteiger partial charge >= 0.3 is 0 Å². The van der Waals surface area contributed by atoms with Crippen molar-refractivity contribution in [2.75, 3.05) is 13.2 Å². The number of hydrogen-bond acceptors (Lipinski definition) is 4. The van der Waals surface area contributed by atoms with E-state index < -0.39 is 6.04 Å². The van der Waals surface area contributed by atoms with Gasteiger partial charge in [0.05, 0.1) is 18.6 Å². The van der Waals surface area contributed by atoms with Gasteiger partial charge in [0.25, 0.3) is 5.91 Å². The molecule has 7 heteroatoms. The van der Waals surface area contributed by atoms with Crippen LogP contribution >= 0.6 is 0 Å². The number of aliphatic hydroxyl groups excluding tert-OH is 2. The minimum absolute atomic E-state index is 0.0998. The molecule has 0 saturated heterocycles. The van der Waals surface area contributed by atoms with E-state index >= 15 is 0 Å². The molecule has 0 aliphatic heterocycles. The number of carbonyl (C=O) groups is 2. The van der Waals surface area contributed by atoms with Gasteiger partial charge in [0, 0.05) is 30.6 Å². The van der Waals surface area contributed by atoms with Crippen molar-refractivity contribution in [3.8, 4) is 0 Å². The molecule has 1 aromatic carbocycles. The summed E-state index contributed by atoms with van der Waals surface area (Å²) in [5, 5.41) is 25.3. The number of amides is 2. The third-order valence-corrected chi connectivity index (χ3v) is 5.65. The number of rotatable bonds is 7. The molecule has 152 valence electrons. The van der Waals surface area contributed by atoms with Gasteiger partial charge in [-0.05, 0) is 31.4 Å². The van der Waals surface area contributed by atoms with E-state index in [9.17, 15) is 14.7 Å². The summed E-state index contributed by atoms with van der Waals surface area (Å²) in [5.74, 6) is -0.688. The molecule has 1 aromatic heterocycles. The number of nitrogens with zero attached hydrogens (tertiary/aromatic N) is 1. The maximum atomic E-state index is 12.9. The van der Waals surface area contributed by atoms with Crippen LogP contribution in [-0.4, -0.2) is 51.9 Å². The molecule has 28 heavy (non-hydrogen) atoms. The van der Waals surface area contributed by atoms with Crippen LogP contribution < -0.4 is 10.6 Å². The molecular weight excluding hydrogens is 358 g/mol. The second kappa shape index (κ2) is 9.21. The van der Waals surface area contributed by atoms with Crippen molar-refractivity contribution in [3.63, 3.8) is 0 Å². The zero-order valence-corrected chi connectivity index (χ0v) is 16.2. The van der Waals surface area contributed by atoms with Gasteiger partial charge in [0.2, 0.25) is 5.91 Å². The van der Waals surface area contributed by atoms with Crippen LogP contribution in [0.2, 0.25) is 0 Å². The zero-order chi connectivity index (χ0) is 20.1. The number of aliphatic hydroxyl groups is 2. The predicted molar refractivity (Wildman–Crippen MR) is 107 cm³/mol. The van der Waals surface area contributed by atoms with Crippen LogP contribution in [0.5, 0.6) is 0 Å². The van der Waals surface area contributed by atoms with Gasteiger partial charge in [-0.3, -0.25) is 9.59 Å². The van der Waals surface area contributed by atoms with E-state index in [-0.39, 0.29) is 37.0 Å². The van der Waals surface area contributed by atoms with Crippen molar-refractivity contribution >= 4 is 22.7 Å². The number of hydrogen-bond donors (Lipinski definition) is 4. The molecule has 1 aliphatic rings. The molecule has 1 aliphatic carbocycles. The largest absolute Gasteiger partial charge is 0.396 e. The van der Waals surface area contributed by atoms with E-state index in [0.29, 0.717) is 18.5 Å². The predicted octanol–water partition coefficient (Wildman–Crippen LogP) is 1.33. The minimum Gasteiger partial charge on any atom is -0.396 e. The molecule has 1 fully saturated rings. The molecule has 3 rings (SSSR count). The Balaban J connectivity index is 1.72. The van der Waals surface area contributed by atoms with E-state index in [1.54, 1.807) is 0 Å². The third kappa shape index (κ3) is 4.36. The fourth-order valence-corrected chi connectivity index (χ4v) is 4.04. The van der Waals surface area contributed by atoms with Crippen molar-refractivity contribution in [1.82, 2.24) is 15.2 Å². The SMILES string of the molecule is Cn1c(C(=O)N[C@H]2CCCC[C@H]2C(=O)N[C@H](CO)CCO)cc2ccccc21. The second-order valence-corrected chi connectivity index (χ2v) is 7.52. The maximum absolute atomic E-state index is 12.9. The minimum atomic E-state index is -0.464. The molecule has 0 radical (unpaired) electrons. The van der Waals surface area contributed by atoms with E-state index in [4.69, 9.17) is 5.11 Å². The van der Waals surface area contributed by atoms with Gasteiger partial charge < -0.3 is 25.4 Å². The van der Waals surface area contributed by atoms with Gasteiger partial charge in [0.15, 0.2) is 0 Å². The highest BCUT2D eigenvalue weighted by Crippen LogP contribution is 2.26. The highest BCUT2D eigenvalue weighted by atomic mass is 16.3. The second-order valence-electron chi connectivity index (χ2n) is 7.52. The Morgan fingerprint density at radius 2 is 1.96 bits per heavy atom. The first-order chi connectivity index (χ1) is 13.5. The molecule has 2 amide bonds. The molecule has 0 spiro atoms. The summed E-state index contributed by atoms with van der Waals surface area (Å²) < 4.78 is 1.87. The lowest BCUT2D eigenvalue weighted by Gasteiger charge is -2.32. The number of carbonyl (C=O) groups excluding carboxylic acids is 2. The quantitative estimate of drug-likeness (QED) is 0.575. The Morgan fingerprint density at radius 3 is 2.68 bits per heavy atom. The first-order valence-electron chi connectivity index (χ1n) is 9.92. The van der Waals surface area contributed by atoms with Crippen LogP contribution in [0.4, 0.5) is 0 Å². The molecule has 0 bridgehead atoms. The first kappa shape index (κ1) is 20.4. The molecule has 1 saturated carbocycles. The van der Waals surface area contributed by atoms with Gasteiger partial charge in [-0.1, -0.05) is 31.0 Å². The Morgan fingerprint density at radius 1 is 1.21 bits per heavy atom.